The molecule has 0 spiro atoms. The molecule has 0 N–H and O–H groups in total. The highest BCUT2D eigenvalue weighted by molar-refractivity contribution is 7.13. The summed E-state index contributed by atoms with van der Waals surface area (Å²) in [6.07, 6.45) is 0. The Bertz CT molecular complexity index is 904. The van der Waals surface area contributed by atoms with Gasteiger partial charge in [-0.1, -0.05) is 11.3 Å². The number of carbonyl (C=O) groups is 1. The SMILES string of the molecule is O=C(c1ccc(F)cc1)c1ccc(OCc2csc([N+](=O)[O-])c2)cc1. The number of nitro groups is 1. The maximum Gasteiger partial charge on any atom is 0.324 e. The van der Waals surface area contributed by atoms with E-state index in [1.54, 1.807) is 29.6 Å². The first-order valence-electron chi connectivity index (χ1n) is 7.28. The zero-order chi connectivity index (χ0) is 17.8. The Hall–Kier alpha value is -3.06. The van der Waals surface area contributed by atoms with Gasteiger partial charge in [-0.25, -0.2) is 4.39 Å². The third kappa shape index (κ3) is 4.07. The first-order chi connectivity index (χ1) is 12.0. The van der Waals surface area contributed by atoms with E-state index in [1.807, 2.05) is 0 Å². The largest absolute Gasteiger partial charge is 0.489 e. The molecule has 0 aliphatic rings. The standard InChI is InChI=1S/C18H12FNO4S/c19-15-5-1-13(2-6-15)18(21)14-3-7-16(8-4-14)24-10-12-9-17(20(22)23)25-11-12/h1-9,11H,10H2. The summed E-state index contributed by atoms with van der Waals surface area (Å²) in [6, 6.07) is 13.4. The van der Waals surface area contributed by atoms with Gasteiger partial charge in [0, 0.05) is 28.1 Å². The Balaban J connectivity index is 1.64. The molecule has 25 heavy (non-hydrogen) atoms. The van der Waals surface area contributed by atoms with Crippen molar-refractivity contribution in [1.29, 1.82) is 0 Å². The van der Waals surface area contributed by atoms with Gasteiger partial charge in [-0.05, 0) is 48.5 Å². The molecular weight excluding hydrogens is 345 g/mol. The predicted octanol–water partition coefficient (Wildman–Crippen LogP) is 4.61. The Morgan fingerprint density at radius 3 is 2.24 bits per heavy atom. The quantitative estimate of drug-likeness (QED) is 0.367. The minimum atomic E-state index is -0.440. The van der Waals surface area contributed by atoms with Gasteiger partial charge >= 0.3 is 5.00 Å². The Morgan fingerprint density at radius 2 is 1.68 bits per heavy atom. The second-order valence-corrected chi connectivity index (χ2v) is 6.09. The van der Waals surface area contributed by atoms with Gasteiger partial charge in [0.25, 0.3) is 0 Å². The molecule has 0 fully saturated rings. The van der Waals surface area contributed by atoms with Gasteiger partial charge in [-0.2, -0.15) is 0 Å². The summed E-state index contributed by atoms with van der Waals surface area (Å²) in [4.78, 5) is 22.5. The number of hydrogen-bond acceptors (Lipinski definition) is 5. The summed E-state index contributed by atoms with van der Waals surface area (Å²) in [5.41, 5.74) is 1.58. The topological polar surface area (TPSA) is 69.4 Å². The summed E-state index contributed by atoms with van der Waals surface area (Å²) < 4.78 is 18.5. The summed E-state index contributed by atoms with van der Waals surface area (Å²) in [5, 5.41) is 12.4. The van der Waals surface area contributed by atoms with Crippen molar-refractivity contribution < 1.29 is 18.8 Å². The molecule has 0 unspecified atom stereocenters. The number of thiophene rings is 1. The normalized spacial score (nSPS) is 10.4. The molecule has 2 aromatic carbocycles. The van der Waals surface area contributed by atoms with Gasteiger partial charge in [0.05, 0.1) is 4.92 Å². The molecule has 3 rings (SSSR count). The minimum Gasteiger partial charge on any atom is -0.489 e. The molecule has 3 aromatic rings. The average molecular weight is 357 g/mol. The second kappa shape index (κ2) is 7.23. The summed E-state index contributed by atoms with van der Waals surface area (Å²) in [5.74, 6) is -0.0570. The molecule has 0 saturated heterocycles. The first-order valence-corrected chi connectivity index (χ1v) is 8.16. The van der Waals surface area contributed by atoms with Crippen LogP contribution in [-0.4, -0.2) is 10.7 Å². The van der Waals surface area contributed by atoms with Crippen molar-refractivity contribution >= 4 is 22.1 Å². The molecule has 7 heteroatoms. The van der Waals surface area contributed by atoms with Crippen molar-refractivity contribution in [3.8, 4) is 5.75 Å². The number of ketones is 1. The van der Waals surface area contributed by atoms with Crippen LogP contribution in [0.4, 0.5) is 9.39 Å². The number of nitrogens with zero attached hydrogens (tertiary/aromatic N) is 1. The van der Waals surface area contributed by atoms with Crippen LogP contribution in [0.15, 0.2) is 60.0 Å². The maximum absolute atomic E-state index is 12.9. The molecule has 1 heterocycles. The van der Waals surface area contributed by atoms with Gasteiger partial charge in [-0.3, -0.25) is 14.9 Å². The molecule has 126 valence electrons. The van der Waals surface area contributed by atoms with Gasteiger partial charge < -0.3 is 4.74 Å². The molecule has 0 bridgehead atoms. The molecule has 0 aliphatic heterocycles. The zero-order valence-corrected chi connectivity index (χ0v) is 13.7. The molecule has 0 aliphatic carbocycles. The van der Waals surface area contributed by atoms with E-state index in [-0.39, 0.29) is 17.4 Å². The average Bonchev–Trinajstić information content (AvgIpc) is 3.10. The lowest BCUT2D eigenvalue weighted by atomic mass is 10.0. The lowest BCUT2D eigenvalue weighted by Crippen LogP contribution is -2.01. The van der Waals surface area contributed by atoms with E-state index in [0.29, 0.717) is 22.4 Å². The number of hydrogen-bond donors (Lipinski definition) is 0. The first kappa shape index (κ1) is 16.8. The number of carbonyl (C=O) groups excluding carboxylic acids is 1. The van der Waals surface area contributed by atoms with Gasteiger partial charge in [0.2, 0.25) is 0 Å². The summed E-state index contributed by atoms with van der Waals surface area (Å²) in [7, 11) is 0. The van der Waals surface area contributed by atoms with Crippen molar-refractivity contribution in [3.63, 3.8) is 0 Å². The lowest BCUT2D eigenvalue weighted by molar-refractivity contribution is -0.380. The second-order valence-electron chi connectivity index (χ2n) is 5.20. The van der Waals surface area contributed by atoms with Crippen LogP contribution in [-0.2, 0) is 6.61 Å². The van der Waals surface area contributed by atoms with Crippen LogP contribution < -0.4 is 4.74 Å². The van der Waals surface area contributed by atoms with Crippen LogP contribution in [0.1, 0.15) is 21.5 Å². The van der Waals surface area contributed by atoms with Crippen molar-refractivity contribution in [3.05, 3.63) is 92.6 Å². The highest BCUT2D eigenvalue weighted by Gasteiger charge is 2.11. The summed E-state index contributed by atoms with van der Waals surface area (Å²) >= 11 is 1.05. The fourth-order valence-electron chi connectivity index (χ4n) is 2.17. The van der Waals surface area contributed by atoms with Crippen LogP contribution in [0.3, 0.4) is 0 Å². The number of ether oxygens (including phenoxy) is 1. The van der Waals surface area contributed by atoms with Crippen LogP contribution in [0.2, 0.25) is 0 Å². The fourth-order valence-corrected chi connectivity index (χ4v) is 2.88. The third-order valence-corrected chi connectivity index (χ3v) is 4.38. The van der Waals surface area contributed by atoms with Crippen molar-refractivity contribution in [2.45, 2.75) is 6.61 Å². The number of halogens is 1. The summed E-state index contributed by atoms with van der Waals surface area (Å²) in [6.45, 7) is 0.204. The van der Waals surface area contributed by atoms with Crippen molar-refractivity contribution in [1.82, 2.24) is 0 Å². The molecule has 0 atom stereocenters. The Labute approximate surface area is 146 Å². The molecule has 0 amide bonds. The van der Waals surface area contributed by atoms with E-state index >= 15 is 0 Å². The van der Waals surface area contributed by atoms with E-state index in [0.717, 1.165) is 11.3 Å². The van der Waals surface area contributed by atoms with Gasteiger partial charge in [0.1, 0.15) is 18.2 Å². The predicted molar refractivity (Wildman–Crippen MR) is 91.6 cm³/mol. The minimum absolute atomic E-state index is 0.0684. The van der Waals surface area contributed by atoms with E-state index in [1.165, 1.54) is 30.3 Å². The molecule has 0 radical (unpaired) electrons. The molecule has 5 nitrogen and oxygen atoms in total. The van der Waals surface area contributed by atoms with Gasteiger partial charge in [0.15, 0.2) is 5.78 Å². The van der Waals surface area contributed by atoms with E-state index in [4.69, 9.17) is 4.74 Å². The van der Waals surface area contributed by atoms with E-state index in [2.05, 4.69) is 0 Å². The smallest absolute Gasteiger partial charge is 0.324 e. The van der Waals surface area contributed by atoms with Crippen LogP contribution >= 0.6 is 11.3 Å². The van der Waals surface area contributed by atoms with Crippen LogP contribution in [0.5, 0.6) is 5.75 Å². The third-order valence-electron chi connectivity index (χ3n) is 3.45. The number of rotatable bonds is 6. The maximum atomic E-state index is 12.9. The van der Waals surface area contributed by atoms with Crippen LogP contribution in [0, 0.1) is 15.9 Å². The lowest BCUT2D eigenvalue weighted by Gasteiger charge is -2.06. The van der Waals surface area contributed by atoms with E-state index in [9.17, 15) is 19.3 Å². The van der Waals surface area contributed by atoms with Crippen molar-refractivity contribution in [2.75, 3.05) is 0 Å². The Kier molecular flexibility index (Phi) is 4.85. The zero-order valence-electron chi connectivity index (χ0n) is 12.8. The number of benzene rings is 2. The van der Waals surface area contributed by atoms with Crippen molar-refractivity contribution in [2.24, 2.45) is 0 Å². The van der Waals surface area contributed by atoms with Gasteiger partial charge in [-0.15, -0.1) is 0 Å². The van der Waals surface area contributed by atoms with E-state index < -0.39 is 10.7 Å². The Morgan fingerprint density at radius 1 is 1.08 bits per heavy atom. The molecular formula is C18H12FNO4S. The fraction of sp³-hybridized carbons (Fsp3) is 0.0556. The molecule has 0 saturated carbocycles. The highest BCUT2D eigenvalue weighted by Crippen LogP contribution is 2.24. The van der Waals surface area contributed by atoms with Crippen LogP contribution in [0.25, 0.3) is 0 Å². The molecule has 1 aromatic heterocycles. The highest BCUT2D eigenvalue weighted by atomic mass is 32.1. The monoisotopic (exact) mass is 357 g/mol.